The molecule has 68 valence electrons. The van der Waals surface area contributed by atoms with Crippen molar-refractivity contribution in [2.24, 2.45) is 5.73 Å². The highest BCUT2D eigenvalue weighted by Crippen LogP contribution is 2.13. The zero-order valence-corrected chi connectivity index (χ0v) is 7.77. The average molecular weight is 190 g/mol. The second-order valence-electron chi connectivity index (χ2n) is 2.57. The van der Waals surface area contributed by atoms with Crippen molar-refractivity contribution in [3.8, 4) is 0 Å². The molecule has 0 aliphatic rings. The average Bonchev–Trinajstić information content (AvgIpc) is 2.03. The van der Waals surface area contributed by atoms with E-state index >= 15 is 0 Å². The van der Waals surface area contributed by atoms with Gasteiger partial charge in [-0.3, -0.25) is 0 Å². The Kier molecular flexibility index (Phi) is 4.86. The van der Waals surface area contributed by atoms with Crippen LogP contribution in [0.25, 0.3) is 0 Å². The predicted octanol–water partition coefficient (Wildman–Crippen LogP) is 2.66. The maximum absolute atomic E-state index is 12.6. The van der Waals surface area contributed by atoms with Crippen LogP contribution in [0.4, 0.5) is 4.39 Å². The van der Waals surface area contributed by atoms with Crippen LogP contribution in [0.15, 0.2) is 24.3 Å². The molecule has 1 atom stereocenters. The SMILES string of the molecule is CC[C@@H](N)c1cccc(F)c1.Cl. The Bertz CT molecular complexity index is 240. The van der Waals surface area contributed by atoms with Crippen molar-refractivity contribution in [2.45, 2.75) is 19.4 Å². The Morgan fingerprint density at radius 3 is 2.67 bits per heavy atom. The Hall–Kier alpha value is -0.600. The molecule has 0 heterocycles. The van der Waals surface area contributed by atoms with Gasteiger partial charge in [0.15, 0.2) is 0 Å². The van der Waals surface area contributed by atoms with E-state index in [2.05, 4.69) is 0 Å². The third-order valence-electron chi connectivity index (χ3n) is 1.72. The third kappa shape index (κ3) is 2.80. The van der Waals surface area contributed by atoms with Gasteiger partial charge in [0, 0.05) is 6.04 Å². The number of hydrogen-bond donors (Lipinski definition) is 1. The summed E-state index contributed by atoms with van der Waals surface area (Å²) in [5, 5.41) is 0. The van der Waals surface area contributed by atoms with Gasteiger partial charge in [0.2, 0.25) is 0 Å². The van der Waals surface area contributed by atoms with Crippen LogP contribution in [0.3, 0.4) is 0 Å². The first-order chi connectivity index (χ1) is 5.24. The summed E-state index contributed by atoms with van der Waals surface area (Å²) in [6.07, 6.45) is 0.837. The molecule has 1 nitrogen and oxygen atoms in total. The molecule has 0 saturated heterocycles. The van der Waals surface area contributed by atoms with Gasteiger partial charge >= 0.3 is 0 Å². The number of rotatable bonds is 2. The molecule has 0 amide bonds. The van der Waals surface area contributed by atoms with E-state index in [9.17, 15) is 4.39 Å². The van der Waals surface area contributed by atoms with Gasteiger partial charge in [0.25, 0.3) is 0 Å². The summed E-state index contributed by atoms with van der Waals surface area (Å²) < 4.78 is 12.6. The molecule has 1 rings (SSSR count). The Labute approximate surface area is 78.2 Å². The van der Waals surface area contributed by atoms with Gasteiger partial charge in [-0.05, 0) is 24.1 Å². The summed E-state index contributed by atoms with van der Waals surface area (Å²) in [6.45, 7) is 1.98. The molecule has 0 radical (unpaired) electrons. The standard InChI is InChI=1S/C9H12FN.ClH/c1-2-9(11)7-4-3-5-8(10)6-7;/h3-6,9H,2,11H2,1H3;1H/t9-;/m1./s1. The lowest BCUT2D eigenvalue weighted by Crippen LogP contribution is -2.08. The van der Waals surface area contributed by atoms with Crippen LogP contribution < -0.4 is 5.73 Å². The van der Waals surface area contributed by atoms with E-state index in [1.165, 1.54) is 12.1 Å². The molecule has 0 unspecified atom stereocenters. The molecule has 0 bridgehead atoms. The summed E-state index contributed by atoms with van der Waals surface area (Å²) in [4.78, 5) is 0. The summed E-state index contributed by atoms with van der Waals surface area (Å²) in [5.41, 5.74) is 6.56. The second kappa shape index (κ2) is 5.12. The maximum atomic E-state index is 12.6. The molecular weight excluding hydrogens is 177 g/mol. The minimum atomic E-state index is -0.216. The van der Waals surface area contributed by atoms with Crippen molar-refractivity contribution < 1.29 is 4.39 Å². The zero-order valence-electron chi connectivity index (χ0n) is 6.96. The molecule has 0 aliphatic heterocycles. The van der Waals surface area contributed by atoms with Crippen LogP contribution in [0.5, 0.6) is 0 Å². The van der Waals surface area contributed by atoms with Crippen molar-refractivity contribution in [1.82, 2.24) is 0 Å². The minimum Gasteiger partial charge on any atom is -0.324 e. The summed E-state index contributed by atoms with van der Waals surface area (Å²) >= 11 is 0. The molecule has 2 N–H and O–H groups in total. The van der Waals surface area contributed by atoms with Gasteiger partial charge in [0.1, 0.15) is 5.82 Å². The maximum Gasteiger partial charge on any atom is 0.123 e. The van der Waals surface area contributed by atoms with Crippen LogP contribution in [-0.2, 0) is 0 Å². The highest BCUT2D eigenvalue weighted by molar-refractivity contribution is 5.85. The van der Waals surface area contributed by atoms with Crippen molar-refractivity contribution in [3.63, 3.8) is 0 Å². The quantitative estimate of drug-likeness (QED) is 0.761. The fraction of sp³-hybridized carbons (Fsp3) is 0.333. The largest absolute Gasteiger partial charge is 0.324 e. The Morgan fingerprint density at radius 2 is 2.17 bits per heavy atom. The van der Waals surface area contributed by atoms with Crippen LogP contribution in [0.2, 0.25) is 0 Å². The van der Waals surface area contributed by atoms with E-state index in [1.54, 1.807) is 6.07 Å². The third-order valence-corrected chi connectivity index (χ3v) is 1.72. The van der Waals surface area contributed by atoms with E-state index in [0.29, 0.717) is 0 Å². The smallest absolute Gasteiger partial charge is 0.123 e. The molecule has 0 aromatic heterocycles. The van der Waals surface area contributed by atoms with Crippen molar-refractivity contribution in [2.75, 3.05) is 0 Å². The molecule has 1 aromatic rings. The number of halogens is 2. The lowest BCUT2D eigenvalue weighted by atomic mass is 10.1. The van der Waals surface area contributed by atoms with Gasteiger partial charge in [0.05, 0.1) is 0 Å². The van der Waals surface area contributed by atoms with Crippen molar-refractivity contribution in [3.05, 3.63) is 35.6 Å². The van der Waals surface area contributed by atoms with Gasteiger partial charge in [-0.25, -0.2) is 4.39 Å². The Balaban J connectivity index is 0.00000121. The lowest BCUT2D eigenvalue weighted by Gasteiger charge is -2.07. The van der Waals surface area contributed by atoms with Gasteiger partial charge in [-0.2, -0.15) is 0 Å². The van der Waals surface area contributed by atoms with Gasteiger partial charge < -0.3 is 5.73 Å². The van der Waals surface area contributed by atoms with E-state index in [4.69, 9.17) is 5.73 Å². The second-order valence-corrected chi connectivity index (χ2v) is 2.57. The molecule has 0 fully saturated rings. The van der Waals surface area contributed by atoms with Crippen LogP contribution in [-0.4, -0.2) is 0 Å². The Morgan fingerprint density at radius 1 is 1.50 bits per heavy atom. The molecular formula is C9H13ClFN. The van der Waals surface area contributed by atoms with Crippen LogP contribution in [0.1, 0.15) is 24.9 Å². The summed E-state index contributed by atoms with van der Waals surface area (Å²) in [6, 6.07) is 6.39. The number of hydrogen-bond acceptors (Lipinski definition) is 1. The van der Waals surface area contributed by atoms with Crippen molar-refractivity contribution >= 4 is 12.4 Å². The number of benzene rings is 1. The fourth-order valence-electron chi connectivity index (χ4n) is 0.973. The normalized spacial score (nSPS) is 11.9. The monoisotopic (exact) mass is 189 g/mol. The van der Waals surface area contributed by atoms with Crippen molar-refractivity contribution in [1.29, 1.82) is 0 Å². The lowest BCUT2D eigenvalue weighted by molar-refractivity contribution is 0.616. The van der Waals surface area contributed by atoms with E-state index < -0.39 is 0 Å². The number of nitrogens with two attached hydrogens (primary N) is 1. The van der Waals surface area contributed by atoms with Gasteiger partial charge in [-0.1, -0.05) is 19.1 Å². The van der Waals surface area contributed by atoms with E-state index in [0.717, 1.165) is 12.0 Å². The van der Waals surface area contributed by atoms with Crippen LogP contribution in [0, 0.1) is 5.82 Å². The first-order valence-electron chi connectivity index (χ1n) is 3.75. The zero-order chi connectivity index (χ0) is 8.27. The summed E-state index contributed by atoms with van der Waals surface area (Å²) in [5.74, 6) is -0.216. The molecule has 0 spiro atoms. The first-order valence-corrected chi connectivity index (χ1v) is 3.75. The highest BCUT2D eigenvalue weighted by atomic mass is 35.5. The highest BCUT2D eigenvalue weighted by Gasteiger charge is 2.02. The predicted molar refractivity (Wildman–Crippen MR) is 50.9 cm³/mol. The molecule has 1 aromatic carbocycles. The van der Waals surface area contributed by atoms with Crippen LogP contribution >= 0.6 is 12.4 Å². The topological polar surface area (TPSA) is 26.0 Å². The fourth-order valence-corrected chi connectivity index (χ4v) is 0.973. The molecule has 0 aliphatic carbocycles. The molecule has 0 saturated carbocycles. The van der Waals surface area contributed by atoms with Gasteiger partial charge in [-0.15, -0.1) is 12.4 Å². The summed E-state index contributed by atoms with van der Waals surface area (Å²) in [7, 11) is 0. The molecule has 12 heavy (non-hydrogen) atoms. The van der Waals surface area contributed by atoms with E-state index in [1.807, 2.05) is 13.0 Å². The van der Waals surface area contributed by atoms with E-state index in [-0.39, 0.29) is 24.3 Å². The first kappa shape index (κ1) is 11.4. The minimum absolute atomic E-state index is 0. The molecule has 3 heteroatoms.